The standard InChI is InChI=1S/C21H20N2O4/c1-12(2)18(19(25)22-15-10-8-14(9-11-15)13(3)24)23-20(26)16-6-4-5-7-17(16)21(23)27/h4-12,18H,1-3H3,(H,22,25)/t18-/m0/s1. The zero-order valence-corrected chi connectivity index (χ0v) is 15.4. The molecule has 3 amide bonds. The lowest BCUT2D eigenvalue weighted by Gasteiger charge is -2.28. The SMILES string of the molecule is CC(=O)c1ccc(NC(=O)[C@H](C(C)C)N2C(=O)c3ccccc3C2=O)cc1. The van der Waals surface area contributed by atoms with Crippen molar-refractivity contribution < 1.29 is 19.2 Å². The number of carbonyl (C=O) groups excluding carboxylic acids is 4. The van der Waals surface area contributed by atoms with E-state index in [4.69, 9.17) is 0 Å². The molecular formula is C21H20N2O4. The van der Waals surface area contributed by atoms with Crippen molar-refractivity contribution in [2.45, 2.75) is 26.8 Å². The van der Waals surface area contributed by atoms with Gasteiger partial charge in [0.25, 0.3) is 11.8 Å². The summed E-state index contributed by atoms with van der Waals surface area (Å²) in [5, 5.41) is 2.74. The molecule has 0 aliphatic carbocycles. The number of imide groups is 1. The fraction of sp³-hybridized carbons (Fsp3) is 0.238. The lowest BCUT2D eigenvalue weighted by atomic mass is 10.0. The summed E-state index contributed by atoms with van der Waals surface area (Å²) in [7, 11) is 0. The van der Waals surface area contributed by atoms with Crippen molar-refractivity contribution in [2.75, 3.05) is 5.32 Å². The molecule has 1 N–H and O–H groups in total. The number of nitrogens with one attached hydrogen (secondary N) is 1. The zero-order valence-electron chi connectivity index (χ0n) is 15.4. The molecule has 0 aromatic heterocycles. The van der Waals surface area contributed by atoms with E-state index in [0.717, 1.165) is 4.90 Å². The molecule has 6 heteroatoms. The van der Waals surface area contributed by atoms with Gasteiger partial charge in [0.1, 0.15) is 6.04 Å². The predicted molar refractivity (Wildman–Crippen MR) is 101 cm³/mol. The number of carbonyl (C=O) groups is 4. The van der Waals surface area contributed by atoms with Gasteiger partial charge in [-0.2, -0.15) is 0 Å². The summed E-state index contributed by atoms with van der Waals surface area (Å²) >= 11 is 0. The minimum atomic E-state index is -0.940. The van der Waals surface area contributed by atoms with E-state index in [1.54, 1.807) is 62.4 Å². The monoisotopic (exact) mass is 364 g/mol. The van der Waals surface area contributed by atoms with Crippen molar-refractivity contribution in [3.8, 4) is 0 Å². The van der Waals surface area contributed by atoms with E-state index in [1.165, 1.54) is 6.92 Å². The minimum absolute atomic E-state index is 0.0704. The molecule has 1 aliphatic rings. The van der Waals surface area contributed by atoms with Crippen LogP contribution in [0.3, 0.4) is 0 Å². The molecule has 1 aliphatic heterocycles. The lowest BCUT2D eigenvalue weighted by Crippen LogP contribution is -2.50. The Balaban J connectivity index is 1.86. The molecule has 0 fully saturated rings. The van der Waals surface area contributed by atoms with Crippen LogP contribution in [-0.2, 0) is 4.79 Å². The lowest BCUT2D eigenvalue weighted by molar-refractivity contribution is -0.121. The fourth-order valence-electron chi connectivity index (χ4n) is 3.18. The van der Waals surface area contributed by atoms with Crippen molar-refractivity contribution >= 4 is 29.2 Å². The molecule has 1 atom stereocenters. The number of Topliss-reactive ketones (excluding diaryl/α,β-unsaturated/α-hetero) is 1. The first-order chi connectivity index (χ1) is 12.8. The molecule has 6 nitrogen and oxygen atoms in total. The highest BCUT2D eigenvalue weighted by atomic mass is 16.2. The van der Waals surface area contributed by atoms with Gasteiger partial charge < -0.3 is 5.32 Å². The van der Waals surface area contributed by atoms with E-state index in [9.17, 15) is 19.2 Å². The van der Waals surface area contributed by atoms with Gasteiger partial charge in [-0.25, -0.2) is 0 Å². The fourth-order valence-corrected chi connectivity index (χ4v) is 3.18. The van der Waals surface area contributed by atoms with Crippen molar-refractivity contribution in [3.63, 3.8) is 0 Å². The van der Waals surface area contributed by atoms with Crippen LogP contribution in [0.4, 0.5) is 5.69 Å². The Labute approximate surface area is 157 Å². The third-order valence-corrected chi connectivity index (χ3v) is 4.56. The maximum Gasteiger partial charge on any atom is 0.262 e. The van der Waals surface area contributed by atoms with Crippen LogP contribution < -0.4 is 5.32 Å². The number of ketones is 1. The third kappa shape index (κ3) is 3.38. The Morgan fingerprint density at radius 1 is 0.889 bits per heavy atom. The maximum atomic E-state index is 12.9. The third-order valence-electron chi connectivity index (χ3n) is 4.56. The van der Waals surface area contributed by atoms with Crippen LogP contribution in [0.2, 0.25) is 0 Å². The molecule has 2 aromatic carbocycles. The van der Waals surface area contributed by atoms with Crippen molar-refractivity contribution in [2.24, 2.45) is 5.92 Å². The number of nitrogens with zero attached hydrogens (tertiary/aromatic N) is 1. The van der Waals surface area contributed by atoms with Gasteiger partial charge in [-0.3, -0.25) is 24.1 Å². The summed E-state index contributed by atoms with van der Waals surface area (Å²) in [6, 6.07) is 12.1. The molecule has 1 heterocycles. The van der Waals surface area contributed by atoms with E-state index >= 15 is 0 Å². The van der Waals surface area contributed by atoms with Crippen LogP contribution in [0, 0.1) is 5.92 Å². The predicted octanol–water partition coefficient (Wildman–Crippen LogP) is 3.15. The second-order valence-corrected chi connectivity index (χ2v) is 6.84. The number of benzene rings is 2. The van der Waals surface area contributed by atoms with Gasteiger partial charge in [0.2, 0.25) is 5.91 Å². The first kappa shape index (κ1) is 18.5. The van der Waals surface area contributed by atoms with Gasteiger partial charge >= 0.3 is 0 Å². The molecule has 3 rings (SSSR count). The summed E-state index contributed by atoms with van der Waals surface area (Å²) in [4.78, 5) is 50.7. The van der Waals surface area contributed by atoms with Crippen LogP contribution in [0.25, 0.3) is 0 Å². The van der Waals surface area contributed by atoms with Crippen LogP contribution in [0.5, 0.6) is 0 Å². The Morgan fingerprint density at radius 2 is 1.41 bits per heavy atom. The Morgan fingerprint density at radius 3 is 1.85 bits per heavy atom. The minimum Gasteiger partial charge on any atom is -0.324 e. The highest BCUT2D eigenvalue weighted by Gasteiger charge is 2.43. The van der Waals surface area contributed by atoms with Crippen LogP contribution in [0.1, 0.15) is 51.8 Å². The zero-order chi connectivity index (χ0) is 19.7. The average molecular weight is 364 g/mol. The summed E-state index contributed by atoms with van der Waals surface area (Å²) < 4.78 is 0. The normalized spacial score (nSPS) is 14.3. The number of anilines is 1. The quantitative estimate of drug-likeness (QED) is 0.652. The first-order valence-electron chi connectivity index (χ1n) is 8.70. The first-order valence-corrected chi connectivity index (χ1v) is 8.70. The highest BCUT2D eigenvalue weighted by Crippen LogP contribution is 2.27. The van der Waals surface area contributed by atoms with Crippen LogP contribution in [0.15, 0.2) is 48.5 Å². The summed E-state index contributed by atoms with van der Waals surface area (Å²) in [6.07, 6.45) is 0. The molecule has 0 saturated heterocycles. The summed E-state index contributed by atoms with van der Waals surface area (Å²) in [5.74, 6) is -1.72. The van der Waals surface area contributed by atoms with Gasteiger partial charge in [0.05, 0.1) is 11.1 Å². The molecule has 0 radical (unpaired) electrons. The van der Waals surface area contributed by atoms with Crippen molar-refractivity contribution in [3.05, 3.63) is 65.2 Å². The largest absolute Gasteiger partial charge is 0.324 e. The smallest absolute Gasteiger partial charge is 0.262 e. The molecular weight excluding hydrogens is 344 g/mol. The number of rotatable bonds is 5. The second kappa shape index (κ2) is 7.15. The number of hydrogen-bond donors (Lipinski definition) is 1. The molecule has 2 aromatic rings. The van der Waals surface area contributed by atoms with Crippen LogP contribution >= 0.6 is 0 Å². The van der Waals surface area contributed by atoms with Crippen molar-refractivity contribution in [1.29, 1.82) is 0 Å². The second-order valence-electron chi connectivity index (χ2n) is 6.84. The van der Waals surface area contributed by atoms with Gasteiger partial charge in [-0.15, -0.1) is 0 Å². The Kier molecular flexibility index (Phi) is 4.90. The Bertz CT molecular complexity index is 896. The van der Waals surface area contributed by atoms with E-state index in [2.05, 4.69) is 5.32 Å². The van der Waals surface area contributed by atoms with Gasteiger partial charge in [-0.05, 0) is 49.2 Å². The van der Waals surface area contributed by atoms with Gasteiger partial charge in [0, 0.05) is 11.3 Å². The molecule has 0 saturated carbocycles. The molecule has 0 bridgehead atoms. The number of amides is 3. The van der Waals surface area contributed by atoms with E-state index in [-0.39, 0.29) is 11.7 Å². The summed E-state index contributed by atoms with van der Waals surface area (Å²) in [6.45, 7) is 5.03. The van der Waals surface area contributed by atoms with E-state index in [0.29, 0.717) is 22.4 Å². The van der Waals surface area contributed by atoms with Gasteiger partial charge in [0.15, 0.2) is 5.78 Å². The van der Waals surface area contributed by atoms with Crippen molar-refractivity contribution in [1.82, 2.24) is 4.90 Å². The molecule has 0 unspecified atom stereocenters. The summed E-state index contributed by atoms with van der Waals surface area (Å²) in [5.41, 5.74) is 1.65. The molecule has 27 heavy (non-hydrogen) atoms. The Hall–Kier alpha value is -3.28. The van der Waals surface area contributed by atoms with Gasteiger partial charge in [-0.1, -0.05) is 26.0 Å². The molecule has 0 spiro atoms. The topological polar surface area (TPSA) is 83.6 Å². The number of hydrogen-bond acceptors (Lipinski definition) is 4. The van der Waals surface area contributed by atoms with E-state index < -0.39 is 23.8 Å². The maximum absolute atomic E-state index is 12.9. The highest BCUT2D eigenvalue weighted by molar-refractivity contribution is 6.23. The molecule has 138 valence electrons. The van der Waals surface area contributed by atoms with Crippen LogP contribution in [-0.4, -0.2) is 34.4 Å². The number of fused-ring (bicyclic) bond motifs is 1. The van der Waals surface area contributed by atoms with E-state index in [1.807, 2.05) is 0 Å². The average Bonchev–Trinajstić information content (AvgIpc) is 2.88.